The highest BCUT2D eigenvalue weighted by molar-refractivity contribution is 6.11. The van der Waals surface area contributed by atoms with E-state index in [1.165, 1.54) is 14.2 Å². The van der Waals surface area contributed by atoms with Crippen molar-refractivity contribution in [3.8, 4) is 23.0 Å². The molecule has 3 N–H and O–H groups in total. The van der Waals surface area contributed by atoms with Gasteiger partial charge >= 0.3 is 0 Å². The quantitative estimate of drug-likeness (QED) is 0.343. The molecular formula is C28H28N2O6. The van der Waals surface area contributed by atoms with Gasteiger partial charge in [-0.3, -0.25) is 9.59 Å². The molecule has 0 aromatic heterocycles. The number of ketones is 1. The van der Waals surface area contributed by atoms with Gasteiger partial charge in [0.25, 0.3) is 0 Å². The largest absolute Gasteiger partial charge is 0.495 e. The van der Waals surface area contributed by atoms with E-state index in [1.807, 2.05) is 30.3 Å². The van der Waals surface area contributed by atoms with Gasteiger partial charge < -0.3 is 30.0 Å². The molecule has 1 unspecified atom stereocenters. The number of allylic oxidation sites excluding steroid dienone is 1. The van der Waals surface area contributed by atoms with Crippen LogP contribution in [0.1, 0.15) is 28.4 Å². The Kier molecular flexibility index (Phi) is 7.56. The number of carbonyl (C=O) groups is 2. The Labute approximate surface area is 209 Å². The molecule has 0 aliphatic carbocycles. The number of Topliss-reactive ketones (excluding diaryl/α,β-unsaturated/α-hetero) is 1. The molecule has 3 aromatic rings. The third-order valence-corrected chi connectivity index (χ3v) is 5.78. The maximum atomic E-state index is 13.1. The van der Waals surface area contributed by atoms with Gasteiger partial charge in [0.1, 0.15) is 5.75 Å². The standard InChI is InChI=1S/C28H28N2O6/c1-17(26(31)20-14-24(34-3)27-25(15-20)35-16-36-27)11-19-9-10-23(33-2)22(13-19)30-28(32)21(29)12-18-7-5-4-6-8-18/h4-11,13-15,21H,12,16,29H2,1-3H3,(H,30,32). The number of hydrogen-bond donors (Lipinski definition) is 2. The summed E-state index contributed by atoms with van der Waals surface area (Å²) >= 11 is 0. The molecule has 0 spiro atoms. The van der Waals surface area contributed by atoms with Gasteiger partial charge in [-0.15, -0.1) is 0 Å². The van der Waals surface area contributed by atoms with Crippen molar-refractivity contribution in [3.63, 3.8) is 0 Å². The van der Waals surface area contributed by atoms with Crippen LogP contribution in [0, 0.1) is 0 Å². The fraction of sp³-hybridized carbons (Fsp3) is 0.214. The molecule has 1 amide bonds. The van der Waals surface area contributed by atoms with E-state index in [1.54, 1.807) is 43.3 Å². The number of carbonyl (C=O) groups excluding carboxylic acids is 2. The highest BCUT2D eigenvalue weighted by atomic mass is 16.7. The van der Waals surface area contributed by atoms with Gasteiger partial charge in [-0.05, 0) is 60.4 Å². The van der Waals surface area contributed by atoms with Crippen LogP contribution < -0.4 is 30.0 Å². The Morgan fingerprint density at radius 3 is 2.50 bits per heavy atom. The zero-order valence-electron chi connectivity index (χ0n) is 20.4. The number of anilines is 1. The highest BCUT2D eigenvalue weighted by Crippen LogP contribution is 2.42. The topological polar surface area (TPSA) is 109 Å². The fourth-order valence-electron chi connectivity index (χ4n) is 3.90. The number of fused-ring (bicyclic) bond motifs is 1. The summed E-state index contributed by atoms with van der Waals surface area (Å²) in [4.78, 5) is 25.9. The van der Waals surface area contributed by atoms with Crippen LogP contribution in [0.4, 0.5) is 5.69 Å². The second-order valence-corrected chi connectivity index (χ2v) is 8.31. The Morgan fingerprint density at radius 2 is 1.78 bits per heavy atom. The summed E-state index contributed by atoms with van der Waals surface area (Å²) in [6, 6.07) is 17.4. The molecule has 0 saturated carbocycles. The molecule has 0 fully saturated rings. The second-order valence-electron chi connectivity index (χ2n) is 8.31. The monoisotopic (exact) mass is 488 g/mol. The second kappa shape index (κ2) is 11.0. The van der Waals surface area contributed by atoms with E-state index < -0.39 is 6.04 Å². The number of nitrogens with one attached hydrogen (secondary N) is 1. The lowest BCUT2D eigenvalue weighted by atomic mass is 10.0. The van der Waals surface area contributed by atoms with Crippen molar-refractivity contribution in [1.82, 2.24) is 0 Å². The fourth-order valence-corrected chi connectivity index (χ4v) is 3.90. The SMILES string of the molecule is COc1ccc(C=C(C)C(=O)c2cc(OC)c3c(c2)OCO3)cc1NC(=O)C(N)Cc1ccccc1. The number of benzene rings is 3. The van der Waals surface area contributed by atoms with Gasteiger partial charge in [-0.1, -0.05) is 36.4 Å². The number of methoxy groups -OCH3 is 2. The third-order valence-electron chi connectivity index (χ3n) is 5.78. The summed E-state index contributed by atoms with van der Waals surface area (Å²) in [7, 11) is 3.03. The lowest BCUT2D eigenvalue weighted by Crippen LogP contribution is -2.37. The minimum absolute atomic E-state index is 0.0769. The van der Waals surface area contributed by atoms with E-state index >= 15 is 0 Å². The van der Waals surface area contributed by atoms with Gasteiger partial charge in [0.15, 0.2) is 17.3 Å². The Bertz CT molecular complexity index is 1300. The number of rotatable bonds is 9. The molecule has 0 bridgehead atoms. The van der Waals surface area contributed by atoms with Crippen molar-refractivity contribution in [1.29, 1.82) is 0 Å². The number of amides is 1. The van der Waals surface area contributed by atoms with Crippen molar-refractivity contribution >= 4 is 23.5 Å². The van der Waals surface area contributed by atoms with E-state index in [0.717, 1.165) is 5.56 Å². The van der Waals surface area contributed by atoms with Gasteiger partial charge in [-0.2, -0.15) is 0 Å². The van der Waals surface area contributed by atoms with E-state index in [9.17, 15) is 9.59 Å². The molecule has 36 heavy (non-hydrogen) atoms. The van der Waals surface area contributed by atoms with Gasteiger partial charge in [0.05, 0.1) is 25.9 Å². The van der Waals surface area contributed by atoms with Crippen LogP contribution in [-0.4, -0.2) is 38.7 Å². The normalized spacial score (nSPS) is 13.2. The molecule has 1 aliphatic rings. The number of hydrogen-bond acceptors (Lipinski definition) is 7. The predicted octanol–water partition coefficient (Wildman–Crippen LogP) is 4.23. The molecule has 186 valence electrons. The molecule has 8 heteroatoms. The Morgan fingerprint density at radius 1 is 1.03 bits per heavy atom. The summed E-state index contributed by atoms with van der Waals surface area (Å²) < 4.78 is 21.6. The predicted molar refractivity (Wildman–Crippen MR) is 137 cm³/mol. The Hall–Kier alpha value is -4.30. The zero-order chi connectivity index (χ0) is 25.7. The average molecular weight is 489 g/mol. The number of nitrogens with two attached hydrogens (primary N) is 1. The molecule has 0 radical (unpaired) electrons. The first-order valence-corrected chi connectivity index (χ1v) is 11.4. The molecule has 4 rings (SSSR count). The molecule has 1 aliphatic heterocycles. The lowest BCUT2D eigenvalue weighted by Gasteiger charge is -2.15. The van der Waals surface area contributed by atoms with Crippen molar-refractivity contribution in [2.75, 3.05) is 26.3 Å². The first kappa shape index (κ1) is 24.8. The summed E-state index contributed by atoms with van der Waals surface area (Å²) in [6.45, 7) is 1.80. The van der Waals surface area contributed by atoms with Crippen LogP contribution in [-0.2, 0) is 11.2 Å². The highest BCUT2D eigenvalue weighted by Gasteiger charge is 2.23. The van der Waals surface area contributed by atoms with Crippen molar-refractivity contribution in [2.24, 2.45) is 5.73 Å². The smallest absolute Gasteiger partial charge is 0.241 e. The van der Waals surface area contributed by atoms with Crippen LogP contribution in [0.5, 0.6) is 23.0 Å². The van der Waals surface area contributed by atoms with Gasteiger partial charge in [0, 0.05) is 5.56 Å². The average Bonchev–Trinajstić information content (AvgIpc) is 3.37. The first-order valence-electron chi connectivity index (χ1n) is 11.4. The molecule has 1 heterocycles. The summed E-state index contributed by atoms with van der Waals surface area (Å²) in [5.41, 5.74) is 9.18. The molecule has 0 saturated heterocycles. The van der Waals surface area contributed by atoms with E-state index in [4.69, 9.17) is 24.7 Å². The minimum Gasteiger partial charge on any atom is -0.495 e. The van der Waals surface area contributed by atoms with E-state index in [-0.39, 0.29) is 18.5 Å². The number of ether oxygens (including phenoxy) is 4. The zero-order valence-corrected chi connectivity index (χ0v) is 20.4. The van der Waals surface area contributed by atoms with Crippen LogP contribution in [0.3, 0.4) is 0 Å². The van der Waals surface area contributed by atoms with Crippen LogP contribution >= 0.6 is 0 Å². The summed E-state index contributed by atoms with van der Waals surface area (Å²) in [5.74, 6) is 1.33. The van der Waals surface area contributed by atoms with Gasteiger partial charge in [0.2, 0.25) is 18.4 Å². The summed E-state index contributed by atoms with van der Waals surface area (Å²) in [6.07, 6.45) is 2.14. The lowest BCUT2D eigenvalue weighted by molar-refractivity contribution is -0.117. The third kappa shape index (κ3) is 5.50. The Balaban J connectivity index is 1.53. The van der Waals surface area contributed by atoms with Crippen molar-refractivity contribution in [3.05, 3.63) is 82.9 Å². The minimum atomic E-state index is -0.736. The van der Waals surface area contributed by atoms with Gasteiger partial charge in [-0.25, -0.2) is 0 Å². The van der Waals surface area contributed by atoms with Crippen molar-refractivity contribution < 1.29 is 28.5 Å². The molecule has 8 nitrogen and oxygen atoms in total. The van der Waals surface area contributed by atoms with Crippen LogP contribution in [0.25, 0.3) is 6.08 Å². The maximum absolute atomic E-state index is 13.1. The molecule has 1 atom stereocenters. The molecular weight excluding hydrogens is 460 g/mol. The maximum Gasteiger partial charge on any atom is 0.241 e. The van der Waals surface area contributed by atoms with Crippen LogP contribution in [0.15, 0.2) is 66.2 Å². The van der Waals surface area contributed by atoms with E-state index in [2.05, 4.69) is 5.32 Å². The molecule has 3 aromatic carbocycles. The first-order chi connectivity index (χ1) is 17.4. The van der Waals surface area contributed by atoms with Crippen LogP contribution in [0.2, 0.25) is 0 Å². The van der Waals surface area contributed by atoms with Crippen molar-refractivity contribution in [2.45, 2.75) is 19.4 Å². The van der Waals surface area contributed by atoms with E-state index in [0.29, 0.717) is 51.8 Å². The summed E-state index contributed by atoms with van der Waals surface area (Å²) in [5, 5.41) is 2.85.